The highest BCUT2D eigenvalue weighted by atomic mass is 16.1. The van der Waals surface area contributed by atoms with Gasteiger partial charge in [-0.15, -0.1) is 0 Å². The van der Waals surface area contributed by atoms with Crippen molar-refractivity contribution >= 4 is 5.69 Å². The van der Waals surface area contributed by atoms with Gasteiger partial charge in [0, 0.05) is 51.2 Å². The lowest BCUT2D eigenvalue weighted by Gasteiger charge is -2.26. The van der Waals surface area contributed by atoms with Crippen LogP contribution in [0.15, 0.2) is 53.5 Å². The Bertz CT molecular complexity index is 941. The van der Waals surface area contributed by atoms with Crippen molar-refractivity contribution in [3.8, 4) is 5.82 Å². The summed E-state index contributed by atoms with van der Waals surface area (Å²) in [6, 6.07) is 14.2. The SMILES string of the molecule is CN(C)c1ccc(CN2CCc3c([nH]n(-c4ccccn4)c3=O)C2)cc1. The number of anilines is 1. The Morgan fingerprint density at radius 2 is 1.96 bits per heavy atom. The van der Waals surface area contributed by atoms with Gasteiger partial charge in [0.25, 0.3) is 5.56 Å². The first-order chi connectivity index (χ1) is 12.6. The van der Waals surface area contributed by atoms with E-state index in [-0.39, 0.29) is 5.56 Å². The summed E-state index contributed by atoms with van der Waals surface area (Å²) in [5.74, 6) is 0.637. The van der Waals surface area contributed by atoms with E-state index in [9.17, 15) is 4.79 Å². The summed E-state index contributed by atoms with van der Waals surface area (Å²) in [6.45, 7) is 2.52. The van der Waals surface area contributed by atoms with Crippen LogP contribution in [0.5, 0.6) is 0 Å². The van der Waals surface area contributed by atoms with Crippen LogP contribution < -0.4 is 10.5 Å². The zero-order valence-corrected chi connectivity index (χ0v) is 15.1. The molecule has 0 amide bonds. The largest absolute Gasteiger partial charge is 0.378 e. The molecular weight excluding hydrogens is 326 g/mol. The highest BCUT2D eigenvalue weighted by molar-refractivity contribution is 5.46. The lowest BCUT2D eigenvalue weighted by molar-refractivity contribution is 0.242. The zero-order valence-electron chi connectivity index (χ0n) is 15.1. The van der Waals surface area contributed by atoms with Gasteiger partial charge in [-0.3, -0.25) is 14.8 Å². The second-order valence-corrected chi connectivity index (χ2v) is 6.92. The van der Waals surface area contributed by atoms with Gasteiger partial charge < -0.3 is 4.90 Å². The molecule has 0 saturated carbocycles. The molecule has 0 spiro atoms. The molecule has 26 heavy (non-hydrogen) atoms. The fraction of sp³-hybridized carbons (Fsp3) is 0.300. The Kier molecular flexibility index (Phi) is 4.34. The minimum Gasteiger partial charge on any atom is -0.378 e. The van der Waals surface area contributed by atoms with Gasteiger partial charge in [0.2, 0.25) is 0 Å². The summed E-state index contributed by atoms with van der Waals surface area (Å²) in [5, 5.41) is 3.25. The highest BCUT2D eigenvalue weighted by Gasteiger charge is 2.23. The molecule has 1 aliphatic rings. The number of rotatable bonds is 4. The molecule has 0 aliphatic carbocycles. The van der Waals surface area contributed by atoms with E-state index in [1.54, 1.807) is 10.9 Å². The first-order valence-corrected chi connectivity index (χ1v) is 8.84. The van der Waals surface area contributed by atoms with E-state index >= 15 is 0 Å². The number of nitrogens with one attached hydrogen (secondary N) is 1. The Morgan fingerprint density at radius 3 is 2.65 bits per heavy atom. The molecular formula is C20H23N5O. The van der Waals surface area contributed by atoms with E-state index in [1.165, 1.54) is 11.3 Å². The third kappa shape index (κ3) is 3.15. The van der Waals surface area contributed by atoms with Gasteiger partial charge in [-0.2, -0.15) is 0 Å². The highest BCUT2D eigenvalue weighted by Crippen LogP contribution is 2.19. The molecule has 3 aromatic rings. The molecule has 134 valence electrons. The monoisotopic (exact) mass is 349 g/mol. The molecule has 0 saturated heterocycles. The van der Waals surface area contributed by atoms with Crippen LogP contribution in [0, 0.1) is 0 Å². The first kappa shape index (κ1) is 16.6. The van der Waals surface area contributed by atoms with Crippen molar-refractivity contribution in [2.24, 2.45) is 0 Å². The smallest absolute Gasteiger partial charge is 0.276 e. The maximum atomic E-state index is 12.6. The van der Waals surface area contributed by atoms with Gasteiger partial charge >= 0.3 is 0 Å². The number of benzene rings is 1. The molecule has 0 radical (unpaired) electrons. The van der Waals surface area contributed by atoms with Crippen molar-refractivity contribution < 1.29 is 0 Å². The second-order valence-electron chi connectivity index (χ2n) is 6.92. The molecule has 6 nitrogen and oxygen atoms in total. The first-order valence-electron chi connectivity index (χ1n) is 8.84. The topological polar surface area (TPSA) is 57.2 Å². The fourth-order valence-electron chi connectivity index (χ4n) is 3.42. The van der Waals surface area contributed by atoms with Crippen LogP contribution >= 0.6 is 0 Å². The van der Waals surface area contributed by atoms with Gasteiger partial charge in [-0.1, -0.05) is 18.2 Å². The van der Waals surface area contributed by atoms with Crippen molar-refractivity contribution in [1.82, 2.24) is 19.7 Å². The molecule has 0 atom stereocenters. The molecule has 1 N–H and O–H groups in total. The average molecular weight is 349 g/mol. The Balaban J connectivity index is 1.52. The minimum absolute atomic E-state index is 0.0219. The maximum absolute atomic E-state index is 12.6. The van der Waals surface area contributed by atoms with Crippen LogP contribution in [0.25, 0.3) is 5.82 Å². The molecule has 0 bridgehead atoms. The average Bonchev–Trinajstić information content (AvgIpc) is 2.99. The number of nitrogens with zero attached hydrogens (tertiary/aromatic N) is 4. The number of H-pyrrole nitrogens is 1. The standard InChI is InChI=1S/C20H23N5O/c1-23(2)16-8-6-15(7-9-16)13-24-12-10-17-18(14-24)22-25(20(17)26)19-5-3-4-11-21-19/h3-9,11,22H,10,12-14H2,1-2H3. The predicted molar refractivity (Wildman–Crippen MR) is 103 cm³/mol. The molecule has 0 unspecified atom stereocenters. The number of fused-ring (bicyclic) bond motifs is 1. The second kappa shape index (κ2) is 6.80. The summed E-state index contributed by atoms with van der Waals surface area (Å²) in [4.78, 5) is 21.4. The molecule has 1 aliphatic heterocycles. The van der Waals surface area contributed by atoms with Crippen molar-refractivity contribution in [1.29, 1.82) is 0 Å². The predicted octanol–water partition coefficient (Wildman–Crippen LogP) is 2.18. The summed E-state index contributed by atoms with van der Waals surface area (Å²) >= 11 is 0. The lowest BCUT2D eigenvalue weighted by atomic mass is 10.1. The Labute approximate surface area is 152 Å². The van der Waals surface area contributed by atoms with E-state index in [0.717, 1.165) is 37.3 Å². The van der Waals surface area contributed by atoms with E-state index in [1.807, 2.05) is 32.3 Å². The third-order valence-corrected chi connectivity index (χ3v) is 4.87. The maximum Gasteiger partial charge on any atom is 0.276 e. The van der Waals surface area contributed by atoms with Crippen LogP contribution in [0.3, 0.4) is 0 Å². The fourth-order valence-corrected chi connectivity index (χ4v) is 3.42. The molecule has 3 heterocycles. The van der Waals surface area contributed by atoms with Gasteiger partial charge in [-0.05, 0) is 36.2 Å². The zero-order chi connectivity index (χ0) is 18.1. The van der Waals surface area contributed by atoms with Crippen molar-refractivity contribution in [2.75, 3.05) is 25.5 Å². The van der Waals surface area contributed by atoms with Crippen molar-refractivity contribution in [3.05, 3.63) is 75.8 Å². The third-order valence-electron chi connectivity index (χ3n) is 4.87. The number of pyridine rings is 1. The number of hydrogen-bond donors (Lipinski definition) is 1. The van der Waals surface area contributed by atoms with E-state index < -0.39 is 0 Å². The van der Waals surface area contributed by atoms with E-state index in [0.29, 0.717) is 5.82 Å². The van der Waals surface area contributed by atoms with Gasteiger partial charge in [-0.25, -0.2) is 9.67 Å². The summed E-state index contributed by atoms with van der Waals surface area (Å²) in [5.41, 5.74) is 4.39. The molecule has 4 rings (SSSR count). The van der Waals surface area contributed by atoms with Gasteiger partial charge in [0.05, 0.1) is 5.69 Å². The van der Waals surface area contributed by atoms with Crippen LogP contribution in [-0.4, -0.2) is 40.3 Å². The number of aromatic amines is 1. The van der Waals surface area contributed by atoms with Crippen LogP contribution in [-0.2, 0) is 19.5 Å². The van der Waals surface area contributed by atoms with Crippen LogP contribution in [0.2, 0.25) is 0 Å². The molecule has 1 aromatic carbocycles. The normalized spacial score (nSPS) is 14.2. The Morgan fingerprint density at radius 1 is 1.15 bits per heavy atom. The summed E-state index contributed by atoms with van der Waals surface area (Å²) < 4.78 is 1.56. The number of hydrogen-bond acceptors (Lipinski definition) is 4. The lowest BCUT2D eigenvalue weighted by Crippen LogP contribution is -2.31. The molecule has 2 aromatic heterocycles. The van der Waals surface area contributed by atoms with Gasteiger partial charge in [0.1, 0.15) is 0 Å². The van der Waals surface area contributed by atoms with E-state index in [2.05, 4.69) is 44.1 Å². The van der Waals surface area contributed by atoms with Crippen LogP contribution in [0.1, 0.15) is 16.8 Å². The van der Waals surface area contributed by atoms with E-state index in [4.69, 9.17) is 0 Å². The minimum atomic E-state index is 0.0219. The van der Waals surface area contributed by atoms with Crippen molar-refractivity contribution in [3.63, 3.8) is 0 Å². The molecule has 6 heteroatoms. The van der Waals surface area contributed by atoms with Crippen LogP contribution in [0.4, 0.5) is 5.69 Å². The summed E-state index contributed by atoms with van der Waals surface area (Å²) in [6.07, 6.45) is 2.46. The Hall–Kier alpha value is -2.86. The summed E-state index contributed by atoms with van der Waals surface area (Å²) in [7, 11) is 4.09. The van der Waals surface area contributed by atoms with Crippen molar-refractivity contribution in [2.45, 2.75) is 19.5 Å². The number of aromatic nitrogens is 3. The molecule has 0 fully saturated rings. The van der Waals surface area contributed by atoms with Gasteiger partial charge in [0.15, 0.2) is 5.82 Å². The quantitative estimate of drug-likeness (QED) is 0.784.